The summed E-state index contributed by atoms with van der Waals surface area (Å²) >= 11 is 0. The number of carbonyl (C=O) groups excluding carboxylic acids is 2. The van der Waals surface area contributed by atoms with Gasteiger partial charge in [-0.05, 0) is 25.5 Å². The summed E-state index contributed by atoms with van der Waals surface area (Å²) in [5.41, 5.74) is 1.63. The number of carbonyl (C=O) groups is 2. The van der Waals surface area contributed by atoms with Gasteiger partial charge in [-0.25, -0.2) is 0 Å². The first-order chi connectivity index (χ1) is 8.11. The first kappa shape index (κ1) is 11.7. The van der Waals surface area contributed by atoms with E-state index < -0.39 is 0 Å². The highest BCUT2D eigenvalue weighted by Crippen LogP contribution is 2.21. The van der Waals surface area contributed by atoms with Gasteiger partial charge in [-0.15, -0.1) is 0 Å². The molecule has 5 heteroatoms. The predicted molar refractivity (Wildman–Crippen MR) is 61.8 cm³/mol. The van der Waals surface area contributed by atoms with Gasteiger partial charge >= 0.3 is 5.97 Å². The molecule has 0 saturated carbocycles. The van der Waals surface area contributed by atoms with Crippen LogP contribution in [0.25, 0.3) is 0 Å². The monoisotopic (exact) mass is 236 g/mol. The molecule has 1 atom stereocenters. The average molecular weight is 236 g/mol. The van der Waals surface area contributed by atoms with Crippen LogP contribution in [0.2, 0.25) is 0 Å². The molecule has 1 aliphatic heterocycles. The van der Waals surface area contributed by atoms with Crippen molar-refractivity contribution in [2.75, 3.05) is 13.2 Å². The average Bonchev–Trinajstić information content (AvgIpc) is 2.66. The first-order valence-corrected chi connectivity index (χ1v) is 5.74. The lowest BCUT2D eigenvalue weighted by Crippen LogP contribution is -2.39. The normalized spacial score (nSPS) is 18.5. The number of aromatic nitrogens is 1. The first-order valence-electron chi connectivity index (χ1n) is 5.74. The molecule has 0 radical (unpaired) electrons. The third-order valence-electron chi connectivity index (χ3n) is 2.82. The van der Waals surface area contributed by atoms with Crippen molar-refractivity contribution < 1.29 is 14.3 Å². The minimum Gasteiger partial charge on any atom is -0.466 e. The van der Waals surface area contributed by atoms with Crippen LogP contribution in [-0.4, -0.2) is 29.6 Å². The Kier molecular flexibility index (Phi) is 3.17. The van der Waals surface area contributed by atoms with E-state index in [0.717, 1.165) is 5.56 Å². The van der Waals surface area contributed by atoms with Crippen LogP contribution in [0.15, 0.2) is 12.3 Å². The van der Waals surface area contributed by atoms with E-state index in [1.807, 2.05) is 23.8 Å². The van der Waals surface area contributed by atoms with Gasteiger partial charge < -0.3 is 14.6 Å². The SMILES string of the molecule is CCOC(=O)CC1CNC(=O)c2cc(C)cn21. The second kappa shape index (κ2) is 4.61. The zero-order valence-electron chi connectivity index (χ0n) is 10.0. The number of fused-ring (bicyclic) bond motifs is 1. The summed E-state index contributed by atoms with van der Waals surface area (Å²) in [4.78, 5) is 23.1. The van der Waals surface area contributed by atoms with Crippen molar-refractivity contribution in [3.63, 3.8) is 0 Å². The summed E-state index contributed by atoms with van der Waals surface area (Å²) in [7, 11) is 0. The third-order valence-corrected chi connectivity index (χ3v) is 2.82. The molecule has 1 aromatic rings. The Morgan fingerprint density at radius 1 is 1.65 bits per heavy atom. The summed E-state index contributed by atoms with van der Waals surface area (Å²) in [5, 5.41) is 2.78. The molecule has 1 unspecified atom stereocenters. The van der Waals surface area contributed by atoms with E-state index in [1.165, 1.54) is 0 Å². The van der Waals surface area contributed by atoms with E-state index in [-0.39, 0.29) is 24.3 Å². The number of ether oxygens (including phenoxy) is 1. The zero-order valence-corrected chi connectivity index (χ0v) is 10.0. The smallest absolute Gasteiger partial charge is 0.307 e. The number of rotatable bonds is 3. The molecule has 0 spiro atoms. The molecule has 2 rings (SSSR count). The molecular formula is C12H16N2O3. The lowest BCUT2D eigenvalue weighted by molar-refractivity contribution is -0.144. The van der Waals surface area contributed by atoms with Gasteiger partial charge in [-0.1, -0.05) is 0 Å². The second-order valence-electron chi connectivity index (χ2n) is 4.18. The van der Waals surface area contributed by atoms with Crippen LogP contribution in [-0.2, 0) is 9.53 Å². The van der Waals surface area contributed by atoms with Crippen molar-refractivity contribution in [2.24, 2.45) is 0 Å². The van der Waals surface area contributed by atoms with Crippen LogP contribution in [0.1, 0.15) is 35.4 Å². The number of nitrogens with one attached hydrogen (secondary N) is 1. The van der Waals surface area contributed by atoms with Crippen LogP contribution in [0.5, 0.6) is 0 Å². The van der Waals surface area contributed by atoms with Crippen molar-refractivity contribution in [1.82, 2.24) is 9.88 Å². The maximum atomic E-state index is 11.6. The van der Waals surface area contributed by atoms with Gasteiger partial charge in [0.25, 0.3) is 5.91 Å². The standard InChI is InChI=1S/C12H16N2O3/c1-3-17-11(15)5-9-6-13-12(16)10-4-8(2)7-14(9)10/h4,7,9H,3,5-6H2,1-2H3,(H,13,16). The van der Waals surface area contributed by atoms with Crippen molar-refractivity contribution >= 4 is 11.9 Å². The molecule has 5 nitrogen and oxygen atoms in total. The van der Waals surface area contributed by atoms with Crippen LogP contribution < -0.4 is 5.32 Å². The Bertz CT molecular complexity index is 451. The molecule has 0 bridgehead atoms. The largest absolute Gasteiger partial charge is 0.466 e. The quantitative estimate of drug-likeness (QED) is 0.797. The van der Waals surface area contributed by atoms with Gasteiger partial charge in [0.2, 0.25) is 0 Å². The Balaban J connectivity index is 2.18. The Hall–Kier alpha value is -1.78. The van der Waals surface area contributed by atoms with E-state index in [2.05, 4.69) is 5.32 Å². The Morgan fingerprint density at radius 3 is 3.12 bits per heavy atom. The maximum Gasteiger partial charge on any atom is 0.307 e. The molecule has 0 aromatic carbocycles. The molecule has 0 fully saturated rings. The van der Waals surface area contributed by atoms with Crippen molar-refractivity contribution in [3.05, 3.63) is 23.5 Å². The van der Waals surface area contributed by atoms with Gasteiger partial charge in [-0.2, -0.15) is 0 Å². The van der Waals surface area contributed by atoms with Crippen molar-refractivity contribution in [3.8, 4) is 0 Å². The second-order valence-corrected chi connectivity index (χ2v) is 4.18. The Labute approximate surface area is 99.8 Å². The van der Waals surface area contributed by atoms with Crippen LogP contribution in [0.4, 0.5) is 0 Å². The molecular weight excluding hydrogens is 220 g/mol. The molecule has 1 aromatic heterocycles. The molecule has 1 N–H and O–H groups in total. The summed E-state index contributed by atoms with van der Waals surface area (Å²) in [6, 6.07) is 1.78. The van der Waals surface area contributed by atoms with Gasteiger partial charge in [0.15, 0.2) is 0 Å². The molecule has 17 heavy (non-hydrogen) atoms. The molecule has 0 saturated heterocycles. The Morgan fingerprint density at radius 2 is 2.41 bits per heavy atom. The number of esters is 1. The predicted octanol–water partition coefficient (Wildman–Crippen LogP) is 1.03. The van der Waals surface area contributed by atoms with Crippen LogP contribution >= 0.6 is 0 Å². The topological polar surface area (TPSA) is 60.3 Å². The van der Waals surface area contributed by atoms with Crippen molar-refractivity contribution in [1.29, 1.82) is 0 Å². The highest BCUT2D eigenvalue weighted by molar-refractivity contribution is 5.94. The number of hydrogen-bond acceptors (Lipinski definition) is 3. The molecule has 1 amide bonds. The summed E-state index contributed by atoms with van der Waals surface area (Å²) < 4.78 is 6.79. The molecule has 0 aliphatic carbocycles. The van der Waals surface area contributed by atoms with Gasteiger partial charge in [0.05, 0.1) is 19.1 Å². The molecule has 1 aliphatic rings. The van der Waals surface area contributed by atoms with E-state index >= 15 is 0 Å². The van der Waals surface area contributed by atoms with Crippen LogP contribution in [0.3, 0.4) is 0 Å². The fraction of sp³-hybridized carbons (Fsp3) is 0.500. The highest BCUT2D eigenvalue weighted by atomic mass is 16.5. The number of amides is 1. The van der Waals surface area contributed by atoms with E-state index in [9.17, 15) is 9.59 Å². The summed E-state index contributed by atoms with van der Waals surface area (Å²) in [6.45, 7) is 4.57. The number of nitrogens with zero attached hydrogens (tertiary/aromatic N) is 1. The van der Waals surface area contributed by atoms with E-state index in [4.69, 9.17) is 4.74 Å². The fourth-order valence-corrected chi connectivity index (χ4v) is 2.08. The van der Waals surface area contributed by atoms with Gasteiger partial charge in [0, 0.05) is 12.7 Å². The van der Waals surface area contributed by atoms with Crippen molar-refractivity contribution in [2.45, 2.75) is 26.3 Å². The zero-order chi connectivity index (χ0) is 12.4. The molecule has 92 valence electrons. The third kappa shape index (κ3) is 2.33. The minimum atomic E-state index is -0.231. The molecule has 2 heterocycles. The maximum absolute atomic E-state index is 11.6. The number of hydrogen-bond donors (Lipinski definition) is 1. The number of aryl methyl sites for hydroxylation is 1. The summed E-state index contributed by atoms with van der Waals surface area (Å²) in [5.74, 6) is -0.316. The fourth-order valence-electron chi connectivity index (χ4n) is 2.08. The van der Waals surface area contributed by atoms with E-state index in [1.54, 1.807) is 6.92 Å². The van der Waals surface area contributed by atoms with Crippen LogP contribution in [0, 0.1) is 6.92 Å². The van der Waals surface area contributed by atoms with Gasteiger partial charge in [0.1, 0.15) is 5.69 Å². The minimum absolute atomic E-state index is 0.0459. The van der Waals surface area contributed by atoms with Gasteiger partial charge in [-0.3, -0.25) is 9.59 Å². The lowest BCUT2D eigenvalue weighted by Gasteiger charge is -2.25. The van der Waals surface area contributed by atoms with E-state index in [0.29, 0.717) is 18.8 Å². The lowest BCUT2D eigenvalue weighted by atomic mass is 10.1. The summed E-state index contributed by atoms with van der Waals surface area (Å²) in [6.07, 6.45) is 2.19. The highest BCUT2D eigenvalue weighted by Gasteiger charge is 2.26.